The second kappa shape index (κ2) is 8.16. The number of anilines is 2. The van der Waals surface area contributed by atoms with Crippen LogP contribution in [0, 0.1) is 0 Å². The van der Waals surface area contributed by atoms with Gasteiger partial charge >= 0.3 is 6.55 Å². The number of benzene rings is 2. The second-order valence-corrected chi connectivity index (χ2v) is 8.01. The van der Waals surface area contributed by atoms with E-state index in [1.165, 1.54) is 0 Å². The molecule has 0 atom stereocenters. The molecule has 5 rings (SSSR count). The molecule has 0 saturated carbocycles. The van der Waals surface area contributed by atoms with Crippen LogP contribution in [0.1, 0.15) is 19.4 Å². The standard InChI is InChI=1S/C23H23F2N7/c24-22(25)32-13-29-19-11-15(3-6-20(19)32)18-12-28-23(31-9-7-17(27)8-10-31)30-21(18)14-1-4-16(26)5-2-14/h1-6,11-13,17,22H,7-10,26-27H2. The van der Waals surface area contributed by atoms with Crippen molar-refractivity contribution in [3.8, 4) is 22.4 Å². The summed E-state index contributed by atoms with van der Waals surface area (Å²) in [5, 5.41) is 0. The molecule has 4 aromatic rings. The highest BCUT2D eigenvalue weighted by Crippen LogP contribution is 2.34. The topological polar surface area (TPSA) is 98.9 Å². The highest BCUT2D eigenvalue weighted by molar-refractivity contribution is 5.87. The van der Waals surface area contributed by atoms with Gasteiger partial charge in [0.25, 0.3) is 0 Å². The Morgan fingerprint density at radius 3 is 2.41 bits per heavy atom. The van der Waals surface area contributed by atoms with Crippen LogP contribution < -0.4 is 16.4 Å². The zero-order chi connectivity index (χ0) is 22.2. The monoisotopic (exact) mass is 435 g/mol. The molecule has 1 saturated heterocycles. The largest absolute Gasteiger partial charge is 0.399 e. The molecular formula is C23H23F2N7. The molecule has 1 aliphatic heterocycles. The maximum Gasteiger partial charge on any atom is 0.320 e. The molecule has 1 aliphatic rings. The van der Waals surface area contributed by atoms with Crippen molar-refractivity contribution < 1.29 is 8.78 Å². The van der Waals surface area contributed by atoms with E-state index >= 15 is 0 Å². The number of halogens is 2. The molecular weight excluding hydrogens is 412 g/mol. The van der Waals surface area contributed by atoms with Crippen molar-refractivity contribution in [3.63, 3.8) is 0 Å². The van der Waals surface area contributed by atoms with Gasteiger partial charge in [-0.1, -0.05) is 18.2 Å². The molecule has 1 fully saturated rings. The molecule has 3 heterocycles. The maximum atomic E-state index is 13.2. The van der Waals surface area contributed by atoms with Gasteiger partial charge in [-0.15, -0.1) is 0 Å². The van der Waals surface area contributed by atoms with Crippen molar-refractivity contribution in [2.45, 2.75) is 25.4 Å². The molecule has 7 nitrogen and oxygen atoms in total. The summed E-state index contributed by atoms with van der Waals surface area (Å²) in [6.07, 6.45) is 4.73. The summed E-state index contributed by atoms with van der Waals surface area (Å²) in [5.41, 5.74) is 16.7. The van der Waals surface area contributed by atoms with Crippen molar-refractivity contribution in [1.82, 2.24) is 19.5 Å². The average Bonchev–Trinajstić information content (AvgIpc) is 3.23. The molecule has 32 heavy (non-hydrogen) atoms. The molecule has 2 aromatic carbocycles. The van der Waals surface area contributed by atoms with E-state index in [9.17, 15) is 8.78 Å². The summed E-state index contributed by atoms with van der Waals surface area (Å²) in [4.78, 5) is 15.8. The second-order valence-electron chi connectivity index (χ2n) is 8.01. The van der Waals surface area contributed by atoms with Crippen LogP contribution in [0.15, 0.2) is 55.0 Å². The molecule has 0 aliphatic carbocycles. The highest BCUT2D eigenvalue weighted by atomic mass is 19.3. The van der Waals surface area contributed by atoms with Crippen LogP contribution in [0.4, 0.5) is 20.4 Å². The third kappa shape index (κ3) is 3.75. The fraction of sp³-hybridized carbons (Fsp3) is 0.261. The Bertz CT molecular complexity index is 1250. The zero-order valence-electron chi connectivity index (χ0n) is 17.3. The summed E-state index contributed by atoms with van der Waals surface area (Å²) >= 11 is 0. The zero-order valence-corrected chi connectivity index (χ0v) is 17.3. The van der Waals surface area contributed by atoms with Gasteiger partial charge in [0.2, 0.25) is 5.95 Å². The fourth-order valence-corrected chi connectivity index (χ4v) is 4.05. The van der Waals surface area contributed by atoms with E-state index in [-0.39, 0.29) is 6.04 Å². The highest BCUT2D eigenvalue weighted by Gasteiger charge is 2.21. The van der Waals surface area contributed by atoms with E-state index in [0.717, 1.165) is 59.2 Å². The minimum absolute atomic E-state index is 0.210. The number of nitrogen functional groups attached to an aromatic ring is 1. The van der Waals surface area contributed by atoms with Crippen LogP contribution in [-0.4, -0.2) is 38.7 Å². The summed E-state index contributed by atoms with van der Waals surface area (Å²) in [6.45, 7) is -1.03. The number of rotatable bonds is 4. The van der Waals surface area contributed by atoms with Crippen LogP contribution in [0.2, 0.25) is 0 Å². The number of nitrogens with two attached hydrogens (primary N) is 2. The first-order valence-electron chi connectivity index (χ1n) is 10.5. The van der Waals surface area contributed by atoms with Crippen molar-refractivity contribution in [3.05, 3.63) is 55.0 Å². The predicted octanol–water partition coefficient (Wildman–Crippen LogP) is 4.07. The number of aromatic nitrogens is 4. The third-order valence-electron chi connectivity index (χ3n) is 5.88. The molecule has 9 heteroatoms. The van der Waals surface area contributed by atoms with Gasteiger partial charge in [0.15, 0.2) is 0 Å². The number of nitrogens with zero attached hydrogens (tertiary/aromatic N) is 5. The normalized spacial score (nSPS) is 15.1. The molecule has 0 spiro atoms. The lowest BCUT2D eigenvalue weighted by atomic mass is 10.00. The summed E-state index contributed by atoms with van der Waals surface area (Å²) < 4.78 is 27.2. The van der Waals surface area contributed by atoms with E-state index in [0.29, 0.717) is 22.7 Å². The van der Waals surface area contributed by atoms with Gasteiger partial charge in [-0.3, -0.25) is 4.57 Å². The van der Waals surface area contributed by atoms with E-state index < -0.39 is 6.55 Å². The molecule has 164 valence electrons. The van der Waals surface area contributed by atoms with Crippen molar-refractivity contribution in [2.24, 2.45) is 5.73 Å². The molecule has 0 unspecified atom stereocenters. The lowest BCUT2D eigenvalue weighted by Gasteiger charge is -2.30. The summed E-state index contributed by atoms with van der Waals surface area (Å²) in [6, 6.07) is 12.9. The van der Waals surface area contributed by atoms with Gasteiger partial charge in [0.05, 0.1) is 16.7 Å². The first-order chi connectivity index (χ1) is 15.5. The lowest BCUT2D eigenvalue weighted by molar-refractivity contribution is 0.0746. The number of fused-ring (bicyclic) bond motifs is 1. The maximum absolute atomic E-state index is 13.2. The van der Waals surface area contributed by atoms with E-state index in [4.69, 9.17) is 16.5 Å². The molecule has 2 aromatic heterocycles. The fourth-order valence-electron chi connectivity index (χ4n) is 4.05. The van der Waals surface area contributed by atoms with Crippen LogP contribution in [0.5, 0.6) is 0 Å². The Morgan fingerprint density at radius 1 is 0.969 bits per heavy atom. The van der Waals surface area contributed by atoms with Gasteiger partial charge in [-0.2, -0.15) is 8.78 Å². The third-order valence-corrected chi connectivity index (χ3v) is 5.88. The molecule has 0 radical (unpaired) electrons. The van der Waals surface area contributed by atoms with Crippen molar-refractivity contribution in [2.75, 3.05) is 23.7 Å². The summed E-state index contributed by atoms with van der Waals surface area (Å²) in [5.74, 6) is 0.649. The first-order valence-corrected chi connectivity index (χ1v) is 10.5. The van der Waals surface area contributed by atoms with Gasteiger partial charge in [-0.25, -0.2) is 15.0 Å². The predicted molar refractivity (Wildman–Crippen MR) is 121 cm³/mol. The Labute approximate surface area is 183 Å². The number of hydrogen-bond acceptors (Lipinski definition) is 6. The van der Waals surface area contributed by atoms with Gasteiger partial charge in [0, 0.05) is 42.1 Å². The minimum atomic E-state index is -2.64. The van der Waals surface area contributed by atoms with Crippen molar-refractivity contribution in [1.29, 1.82) is 0 Å². The Balaban J connectivity index is 1.61. The smallest absolute Gasteiger partial charge is 0.320 e. The van der Waals surface area contributed by atoms with E-state index in [1.54, 1.807) is 24.4 Å². The van der Waals surface area contributed by atoms with Gasteiger partial charge in [0.1, 0.15) is 6.33 Å². The molecule has 4 N–H and O–H groups in total. The first kappa shape index (κ1) is 20.3. The van der Waals surface area contributed by atoms with Crippen LogP contribution in [0.25, 0.3) is 33.4 Å². The average molecular weight is 435 g/mol. The SMILES string of the molecule is Nc1ccc(-c2nc(N3CCC(N)CC3)ncc2-c2ccc3c(c2)ncn3C(F)F)cc1. The van der Waals surface area contributed by atoms with Gasteiger partial charge < -0.3 is 16.4 Å². The van der Waals surface area contributed by atoms with Crippen molar-refractivity contribution >= 4 is 22.7 Å². The Morgan fingerprint density at radius 2 is 1.69 bits per heavy atom. The summed E-state index contributed by atoms with van der Waals surface area (Å²) in [7, 11) is 0. The molecule has 0 amide bonds. The number of imidazole rings is 1. The number of hydrogen-bond donors (Lipinski definition) is 2. The van der Waals surface area contributed by atoms with Crippen LogP contribution >= 0.6 is 0 Å². The quantitative estimate of drug-likeness (QED) is 0.469. The lowest BCUT2D eigenvalue weighted by Crippen LogP contribution is -2.40. The Hall–Kier alpha value is -3.59. The van der Waals surface area contributed by atoms with E-state index in [2.05, 4.69) is 14.9 Å². The van der Waals surface area contributed by atoms with E-state index in [1.807, 2.05) is 24.3 Å². The minimum Gasteiger partial charge on any atom is -0.399 e. The Kier molecular flexibility index (Phi) is 5.18. The van der Waals surface area contributed by atoms with Crippen LogP contribution in [0.3, 0.4) is 0 Å². The molecule has 0 bridgehead atoms. The van der Waals surface area contributed by atoms with Crippen LogP contribution in [-0.2, 0) is 0 Å². The number of alkyl halides is 2. The number of piperidine rings is 1. The van der Waals surface area contributed by atoms with Gasteiger partial charge in [-0.05, 0) is 42.7 Å².